The molecule has 0 aliphatic carbocycles. The summed E-state index contributed by atoms with van der Waals surface area (Å²) in [6.45, 7) is 6.02. The van der Waals surface area contributed by atoms with E-state index in [1.54, 1.807) is 0 Å². The first-order valence-electron chi connectivity index (χ1n) is 5.66. The van der Waals surface area contributed by atoms with Crippen molar-refractivity contribution in [3.8, 4) is 11.1 Å². The van der Waals surface area contributed by atoms with Crippen LogP contribution in [0.2, 0.25) is 0 Å². The number of benzene rings is 2. The van der Waals surface area contributed by atoms with Gasteiger partial charge >= 0.3 is 0 Å². The van der Waals surface area contributed by atoms with Crippen LogP contribution in [0.3, 0.4) is 0 Å². The van der Waals surface area contributed by atoms with Crippen molar-refractivity contribution < 1.29 is 0 Å². The molecule has 0 fully saturated rings. The van der Waals surface area contributed by atoms with Gasteiger partial charge in [0, 0.05) is 0 Å². The van der Waals surface area contributed by atoms with E-state index < -0.39 is 0 Å². The summed E-state index contributed by atoms with van der Waals surface area (Å²) < 4.78 is 0. The number of hydrogen-bond donors (Lipinski definition) is 0. The molecule has 0 heteroatoms. The smallest absolute Gasteiger partial charge is 0.0181 e. The monoisotopic (exact) mass is 208 g/mol. The Kier molecular flexibility index (Phi) is 3.21. The van der Waals surface area contributed by atoms with Crippen LogP contribution < -0.4 is 0 Å². The van der Waals surface area contributed by atoms with Gasteiger partial charge in [0.1, 0.15) is 0 Å². The molecule has 2 rings (SSSR count). The van der Waals surface area contributed by atoms with Crippen molar-refractivity contribution in [2.75, 3.05) is 0 Å². The van der Waals surface area contributed by atoms with Crippen LogP contribution in [0.5, 0.6) is 0 Å². The summed E-state index contributed by atoms with van der Waals surface area (Å²) >= 11 is 0. The molecule has 0 radical (unpaired) electrons. The van der Waals surface area contributed by atoms with Gasteiger partial charge in [-0.2, -0.15) is 0 Å². The highest BCUT2D eigenvalue weighted by Gasteiger charge is 2.01. The molecule has 80 valence electrons. The molecular formula is C16H16. The maximum Gasteiger partial charge on any atom is -0.0181 e. The Morgan fingerprint density at radius 3 is 2.38 bits per heavy atom. The Labute approximate surface area is 97.3 Å². The molecule has 0 aromatic heterocycles. The summed E-state index contributed by atoms with van der Waals surface area (Å²) in [6, 6.07) is 17.0. The van der Waals surface area contributed by atoms with Gasteiger partial charge in [0.2, 0.25) is 0 Å². The number of hydrogen-bond acceptors (Lipinski definition) is 0. The van der Waals surface area contributed by atoms with Crippen molar-refractivity contribution in [2.24, 2.45) is 0 Å². The van der Waals surface area contributed by atoms with E-state index in [0.29, 0.717) is 0 Å². The lowest BCUT2D eigenvalue weighted by Gasteiger charge is -2.07. The second-order valence-electron chi connectivity index (χ2n) is 3.84. The van der Waals surface area contributed by atoms with E-state index in [4.69, 9.17) is 0 Å². The van der Waals surface area contributed by atoms with Gasteiger partial charge in [-0.25, -0.2) is 0 Å². The molecule has 0 aliphatic rings. The minimum Gasteiger partial charge on any atom is -0.0985 e. The first-order valence-corrected chi connectivity index (χ1v) is 5.66. The van der Waals surface area contributed by atoms with Crippen molar-refractivity contribution in [1.82, 2.24) is 0 Å². The summed E-state index contributed by atoms with van der Waals surface area (Å²) in [6.07, 6.45) is 2.97. The summed E-state index contributed by atoms with van der Waals surface area (Å²) in [5, 5.41) is 0. The fraction of sp³-hybridized carbons (Fsp3) is 0.125. The van der Waals surface area contributed by atoms with Crippen LogP contribution in [0.25, 0.3) is 17.2 Å². The Balaban J connectivity index is 2.48. The normalized spacial score (nSPS) is 10.1. The molecule has 2 aromatic rings. The van der Waals surface area contributed by atoms with Crippen LogP contribution in [0.15, 0.2) is 55.1 Å². The van der Waals surface area contributed by atoms with E-state index in [9.17, 15) is 0 Å². The maximum absolute atomic E-state index is 3.84. The quantitative estimate of drug-likeness (QED) is 0.693. The van der Waals surface area contributed by atoms with Crippen molar-refractivity contribution in [2.45, 2.75) is 13.3 Å². The van der Waals surface area contributed by atoms with Gasteiger partial charge in [0.15, 0.2) is 0 Å². The molecule has 0 amide bonds. The van der Waals surface area contributed by atoms with Crippen LogP contribution in [-0.2, 0) is 6.42 Å². The standard InChI is InChI=1S/C16H16/c1-3-13-10-11-16(12-14(13)4-2)15-8-6-5-7-9-15/h3,5-12H,1,4H2,2H3. The van der Waals surface area contributed by atoms with E-state index in [2.05, 4.69) is 56.0 Å². The van der Waals surface area contributed by atoms with Gasteiger partial charge < -0.3 is 0 Å². The Morgan fingerprint density at radius 1 is 1.00 bits per heavy atom. The Morgan fingerprint density at radius 2 is 1.75 bits per heavy atom. The highest BCUT2D eigenvalue weighted by Crippen LogP contribution is 2.23. The minimum atomic E-state index is 1.04. The molecule has 0 saturated heterocycles. The molecule has 0 unspecified atom stereocenters. The van der Waals surface area contributed by atoms with Gasteiger partial charge in [0.05, 0.1) is 0 Å². The zero-order valence-electron chi connectivity index (χ0n) is 9.61. The van der Waals surface area contributed by atoms with Gasteiger partial charge in [-0.05, 0) is 28.7 Å². The second-order valence-corrected chi connectivity index (χ2v) is 3.84. The van der Waals surface area contributed by atoms with Crippen molar-refractivity contribution in [3.63, 3.8) is 0 Å². The molecule has 0 N–H and O–H groups in total. The molecule has 0 atom stereocenters. The molecule has 0 saturated carbocycles. The zero-order chi connectivity index (χ0) is 11.4. The van der Waals surface area contributed by atoms with Crippen molar-refractivity contribution >= 4 is 6.08 Å². The van der Waals surface area contributed by atoms with Gasteiger partial charge in [-0.15, -0.1) is 0 Å². The Bertz CT molecular complexity index is 481. The third-order valence-electron chi connectivity index (χ3n) is 2.85. The summed E-state index contributed by atoms with van der Waals surface area (Å²) in [7, 11) is 0. The van der Waals surface area contributed by atoms with Gasteiger partial charge in [-0.1, -0.05) is 68.1 Å². The van der Waals surface area contributed by atoms with E-state index in [1.807, 2.05) is 12.1 Å². The fourth-order valence-electron chi connectivity index (χ4n) is 1.92. The van der Waals surface area contributed by atoms with Gasteiger partial charge in [-0.3, -0.25) is 0 Å². The van der Waals surface area contributed by atoms with Crippen LogP contribution in [0.4, 0.5) is 0 Å². The molecule has 0 spiro atoms. The summed E-state index contributed by atoms with van der Waals surface area (Å²) in [4.78, 5) is 0. The predicted octanol–water partition coefficient (Wildman–Crippen LogP) is 4.56. The maximum atomic E-state index is 3.84. The van der Waals surface area contributed by atoms with E-state index >= 15 is 0 Å². The van der Waals surface area contributed by atoms with E-state index in [1.165, 1.54) is 22.3 Å². The third kappa shape index (κ3) is 2.06. The highest BCUT2D eigenvalue weighted by atomic mass is 14.1. The lowest BCUT2D eigenvalue weighted by atomic mass is 9.98. The molecule has 2 aromatic carbocycles. The molecule has 0 heterocycles. The van der Waals surface area contributed by atoms with Crippen molar-refractivity contribution in [3.05, 3.63) is 66.2 Å². The Hall–Kier alpha value is -1.82. The molecule has 0 aliphatic heterocycles. The average molecular weight is 208 g/mol. The van der Waals surface area contributed by atoms with Crippen LogP contribution in [0.1, 0.15) is 18.1 Å². The van der Waals surface area contributed by atoms with Crippen LogP contribution >= 0.6 is 0 Å². The zero-order valence-corrected chi connectivity index (χ0v) is 9.61. The van der Waals surface area contributed by atoms with E-state index in [-0.39, 0.29) is 0 Å². The molecular weight excluding hydrogens is 192 g/mol. The summed E-state index contributed by atoms with van der Waals surface area (Å²) in [5.74, 6) is 0. The first kappa shape index (κ1) is 10.7. The fourth-order valence-corrected chi connectivity index (χ4v) is 1.92. The number of aryl methyl sites for hydroxylation is 1. The highest BCUT2D eigenvalue weighted by molar-refractivity contribution is 5.67. The predicted molar refractivity (Wildman–Crippen MR) is 71.3 cm³/mol. The van der Waals surface area contributed by atoms with Crippen LogP contribution in [-0.4, -0.2) is 0 Å². The molecule has 16 heavy (non-hydrogen) atoms. The van der Waals surface area contributed by atoms with Gasteiger partial charge in [0.25, 0.3) is 0 Å². The minimum absolute atomic E-state index is 1.04. The van der Waals surface area contributed by atoms with E-state index in [0.717, 1.165) is 6.42 Å². The van der Waals surface area contributed by atoms with Crippen LogP contribution in [0, 0.1) is 0 Å². The first-order chi connectivity index (χ1) is 7.85. The second kappa shape index (κ2) is 4.80. The molecule has 0 bridgehead atoms. The lowest BCUT2D eigenvalue weighted by Crippen LogP contribution is -1.87. The van der Waals surface area contributed by atoms with Crippen molar-refractivity contribution in [1.29, 1.82) is 0 Å². The summed E-state index contributed by atoms with van der Waals surface area (Å²) in [5.41, 5.74) is 5.15. The lowest BCUT2D eigenvalue weighted by molar-refractivity contribution is 1.13. The topological polar surface area (TPSA) is 0 Å². The largest absolute Gasteiger partial charge is 0.0985 e. The number of rotatable bonds is 3. The SMILES string of the molecule is C=Cc1ccc(-c2ccccc2)cc1CC. The molecule has 0 nitrogen and oxygen atoms in total. The third-order valence-corrected chi connectivity index (χ3v) is 2.85. The average Bonchev–Trinajstić information content (AvgIpc) is 2.39.